The molecule has 0 saturated carbocycles. The van der Waals surface area contributed by atoms with Gasteiger partial charge < -0.3 is 4.74 Å². The van der Waals surface area contributed by atoms with Gasteiger partial charge in [0.15, 0.2) is 5.82 Å². The molecule has 3 nitrogen and oxygen atoms in total. The molecule has 0 aliphatic carbocycles. The van der Waals surface area contributed by atoms with Gasteiger partial charge in [0.2, 0.25) is 0 Å². The molecule has 76 valence electrons. The van der Waals surface area contributed by atoms with Crippen LogP contribution in [-0.2, 0) is 10.3 Å². The minimum Gasteiger partial charge on any atom is -0.367 e. The van der Waals surface area contributed by atoms with E-state index < -0.39 is 0 Å². The van der Waals surface area contributed by atoms with Crippen LogP contribution in [0.3, 0.4) is 0 Å². The Labute approximate surface area is 99.5 Å². The molecule has 5 heteroatoms. The molecule has 1 unspecified atom stereocenters. The van der Waals surface area contributed by atoms with Gasteiger partial charge in [-0.1, -0.05) is 0 Å². The average molecular weight is 322 g/mol. The van der Waals surface area contributed by atoms with Gasteiger partial charge in [-0.2, -0.15) is 0 Å². The molecule has 14 heavy (non-hydrogen) atoms. The molecule has 0 N–H and O–H groups in total. The molecule has 1 fully saturated rings. The van der Waals surface area contributed by atoms with Crippen molar-refractivity contribution in [2.24, 2.45) is 0 Å². The number of rotatable bonds is 1. The number of ether oxygens (including phenoxy) is 1. The summed E-state index contributed by atoms with van der Waals surface area (Å²) in [6.07, 6.45) is 2.06. The van der Waals surface area contributed by atoms with Gasteiger partial charge in [-0.05, 0) is 51.6 Å². The molecule has 1 atom stereocenters. The van der Waals surface area contributed by atoms with Gasteiger partial charge in [-0.3, -0.25) is 0 Å². The number of hydrogen-bond donors (Lipinski definition) is 0. The predicted molar refractivity (Wildman–Crippen MR) is 60.0 cm³/mol. The zero-order chi connectivity index (χ0) is 10.2. The highest BCUT2D eigenvalue weighted by Crippen LogP contribution is 2.34. The second-order valence-electron chi connectivity index (χ2n) is 3.52. The zero-order valence-electron chi connectivity index (χ0n) is 7.76. The standard InChI is InChI=1S/C9H10Br2N2O/c1-9(3-2-4-14-9)8-12-6(10)5-7(11)13-8/h5H,2-4H2,1H3. The van der Waals surface area contributed by atoms with Gasteiger partial charge >= 0.3 is 0 Å². The second-order valence-corrected chi connectivity index (χ2v) is 5.14. The fourth-order valence-corrected chi connectivity index (χ4v) is 2.66. The van der Waals surface area contributed by atoms with E-state index in [1.54, 1.807) is 0 Å². The second kappa shape index (κ2) is 3.87. The van der Waals surface area contributed by atoms with Crippen LogP contribution in [0.2, 0.25) is 0 Å². The maximum Gasteiger partial charge on any atom is 0.162 e. The number of aromatic nitrogens is 2. The highest BCUT2D eigenvalue weighted by atomic mass is 79.9. The summed E-state index contributed by atoms with van der Waals surface area (Å²) < 4.78 is 7.24. The van der Waals surface area contributed by atoms with Gasteiger partial charge in [0.25, 0.3) is 0 Å². The highest BCUT2D eigenvalue weighted by molar-refractivity contribution is 9.11. The molecule has 0 spiro atoms. The van der Waals surface area contributed by atoms with Crippen LogP contribution in [0.5, 0.6) is 0 Å². The van der Waals surface area contributed by atoms with Crippen LogP contribution < -0.4 is 0 Å². The largest absolute Gasteiger partial charge is 0.367 e. The summed E-state index contributed by atoms with van der Waals surface area (Å²) in [6, 6.07) is 1.82. The Morgan fingerprint density at radius 2 is 2.00 bits per heavy atom. The van der Waals surface area contributed by atoms with Crippen LogP contribution in [0.25, 0.3) is 0 Å². The average Bonchev–Trinajstić information content (AvgIpc) is 2.52. The lowest BCUT2D eigenvalue weighted by atomic mass is 10.0. The lowest BCUT2D eigenvalue weighted by Gasteiger charge is -2.21. The predicted octanol–water partition coefficient (Wildman–Crippen LogP) is 3.03. The van der Waals surface area contributed by atoms with Crippen LogP contribution in [0, 0.1) is 0 Å². The van der Waals surface area contributed by atoms with Gasteiger partial charge in [0, 0.05) is 12.7 Å². The van der Waals surface area contributed by atoms with Gasteiger partial charge in [-0.25, -0.2) is 9.97 Å². The Balaban J connectivity index is 2.40. The van der Waals surface area contributed by atoms with Gasteiger partial charge in [-0.15, -0.1) is 0 Å². The summed E-state index contributed by atoms with van der Waals surface area (Å²) >= 11 is 6.70. The molecule has 2 rings (SSSR count). The third-order valence-corrected chi connectivity index (χ3v) is 3.17. The molecular formula is C9H10Br2N2O. The van der Waals surface area contributed by atoms with Crippen molar-refractivity contribution >= 4 is 31.9 Å². The molecule has 1 aliphatic rings. The summed E-state index contributed by atoms with van der Waals surface area (Å²) in [7, 11) is 0. The maximum atomic E-state index is 5.67. The zero-order valence-corrected chi connectivity index (χ0v) is 10.9. The maximum absolute atomic E-state index is 5.67. The Kier molecular flexibility index (Phi) is 2.91. The third kappa shape index (κ3) is 1.99. The fraction of sp³-hybridized carbons (Fsp3) is 0.556. The third-order valence-electron chi connectivity index (χ3n) is 2.36. The Hall–Kier alpha value is -0.0000000000000000763. The van der Waals surface area contributed by atoms with E-state index >= 15 is 0 Å². The van der Waals surface area contributed by atoms with Crippen molar-refractivity contribution in [3.05, 3.63) is 21.1 Å². The van der Waals surface area contributed by atoms with Crippen molar-refractivity contribution in [3.63, 3.8) is 0 Å². The molecule has 0 amide bonds. The normalized spacial score (nSPS) is 26.8. The van der Waals surface area contributed by atoms with E-state index in [2.05, 4.69) is 41.8 Å². The van der Waals surface area contributed by atoms with Crippen molar-refractivity contribution in [2.75, 3.05) is 6.61 Å². The Morgan fingerprint density at radius 3 is 2.50 bits per heavy atom. The van der Waals surface area contributed by atoms with E-state index in [0.717, 1.165) is 34.5 Å². The monoisotopic (exact) mass is 320 g/mol. The molecule has 0 aromatic carbocycles. The van der Waals surface area contributed by atoms with Crippen molar-refractivity contribution < 1.29 is 4.74 Å². The molecule has 0 bridgehead atoms. The number of halogens is 2. The van der Waals surface area contributed by atoms with E-state index in [1.807, 2.05) is 13.0 Å². The van der Waals surface area contributed by atoms with Crippen molar-refractivity contribution in [2.45, 2.75) is 25.4 Å². The van der Waals surface area contributed by atoms with Crippen LogP contribution in [0.15, 0.2) is 15.3 Å². The molecular weight excluding hydrogens is 312 g/mol. The molecule has 1 aromatic rings. The molecule has 1 aromatic heterocycles. The van der Waals surface area contributed by atoms with Gasteiger partial charge in [0.05, 0.1) is 0 Å². The van der Waals surface area contributed by atoms with E-state index in [0.29, 0.717) is 0 Å². The lowest BCUT2D eigenvalue weighted by Crippen LogP contribution is -2.23. The molecule has 0 radical (unpaired) electrons. The van der Waals surface area contributed by atoms with Crippen LogP contribution in [0.4, 0.5) is 0 Å². The lowest BCUT2D eigenvalue weighted by molar-refractivity contribution is 0.00904. The van der Waals surface area contributed by atoms with E-state index in [-0.39, 0.29) is 5.60 Å². The SMILES string of the molecule is CC1(c2nc(Br)cc(Br)n2)CCCO1. The first-order valence-corrected chi connectivity index (χ1v) is 6.03. The van der Waals surface area contributed by atoms with Crippen LogP contribution >= 0.6 is 31.9 Å². The number of nitrogens with zero attached hydrogens (tertiary/aromatic N) is 2. The van der Waals surface area contributed by atoms with E-state index in [9.17, 15) is 0 Å². The van der Waals surface area contributed by atoms with Crippen LogP contribution in [0.1, 0.15) is 25.6 Å². The number of hydrogen-bond acceptors (Lipinski definition) is 3. The van der Waals surface area contributed by atoms with Crippen molar-refractivity contribution in [1.29, 1.82) is 0 Å². The smallest absolute Gasteiger partial charge is 0.162 e. The van der Waals surface area contributed by atoms with Crippen LogP contribution in [-0.4, -0.2) is 16.6 Å². The Morgan fingerprint density at radius 1 is 1.36 bits per heavy atom. The van der Waals surface area contributed by atoms with Crippen molar-refractivity contribution in [1.82, 2.24) is 9.97 Å². The fourth-order valence-electron chi connectivity index (χ4n) is 1.58. The quantitative estimate of drug-likeness (QED) is 0.746. The first-order valence-electron chi connectivity index (χ1n) is 4.45. The summed E-state index contributed by atoms with van der Waals surface area (Å²) in [6.45, 7) is 2.83. The molecule has 1 saturated heterocycles. The summed E-state index contributed by atoms with van der Waals surface area (Å²) in [5.74, 6) is 0.747. The topological polar surface area (TPSA) is 35.0 Å². The van der Waals surface area contributed by atoms with E-state index in [1.165, 1.54) is 0 Å². The van der Waals surface area contributed by atoms with Gasteiger partial charge in [0.1, 0.15) is 14.8 Å². The van der Waals surface area contributed by atoms with E-state index in [4.69, 9.17) is 4.74 Å². The molecule has 2 heterocycles. The minimum absolute atomic E-state index is 0.313. The van der Waals surface area contributed by atoms with Crippen molar-refractivity contribution in [3.8, 4) is 0 Å². The first-order chi connectivity index (χ1) is 6.60. The molecule has 1 aliphatic heterocycles. The summed E-state index contributed by atoms with van der Waals surface area (Å²) in [5, 5.41) is 0. The summed E-state index contributed by atoms with van der Waals surface area (Å²) in [4.78, 5) is 8.68. The first kappa shape index (κ1) is 10.5. The minimum atomic E-state index is -0.313. The highest BCUT2D eigenvalue weighted by Gasteiger charge is 2.35. The summed E-state index contributed by atoms with van der Waals surface area (Å²) in [5.41, 5.74) is -0.313. The Bertz CT molecular complexity index is 330.